The van der Waals surface area contributed by atoms with E-state index in [1.807, 2.05) is 32.9 Å². The summed E-state index contributed by atoms with van der Waals surface area (Å²) in [5.74, 6) is -2.24. The molecule has 8 nitrogen and oxygen atoms in total. The molecule has 0 bridgehead atoms. The van der Waals surface area contributed by atoms with Crippen LogP contribution in [0.2, 0.25) is 0 Å². The number of hydrogen-bond acceptors (Lipinski definition) is 6. The SMILES string of the molecule is COC(=O)C1=C[C@]2(CC(=O)N(c3c(C)cc(C)cc3C)C2=O)N(C(C)=O)N1. The molecule has 1 spiro atoms. The van der Waals surface area contributed by atoms with Crippen molar-refractivity contribution in [1.29, 1.82) is 0 Å². The van der Waals surface area contributed by atoms with E-state index in [1.165, 1.54) is 20.1 Å². The Labute approximate surface area is 156 Å². The van der Waals surface area contributed by atoms with Crippen molar-refractivity contribution in [3.63, 3.8) is 0 Å². The van der Waals surface area contributed by atoms with Crippen LogP contribution in [0.1, 0.15) is 30.0 Å². The number of imide groups is 1. The van der Waals surface area contributed by atoms with Crippen molar-refractivity contribution in [3.8, 4) is 0 Å². The van der Waals surface area contributed by atoms with Crippen LogP contribution in [0.3, 0.4) is 0 Å². The number of methoxy groups -OCH3 is 1. The Kier molecular flexibility index (Phi) is 4.29. The number of carbonyl (C=O) groups excluding carboxylic acids is 4. The zero-order valence-electron chi connectivity index (χ0n) is 15.9. The van der Waals surface area contributed by atoms with Gasteiger partial charge in [-0.05, 0) is 38.0 Å². The number of nitrogens with one attached hydrogen (secondary N) is 1. The Hall–Kier alpha value is -3.16. The summed E-state index contributed by atoms with van der Waals surface area (Å²) < 4.78 is 4.67. The fraction of sp³-hybridized carbons (Fsp3) is 0.368. The molecule has 0 aromatic heterocycles. The number of anilines is 1. The third-order valence-corrected chi connectivity index (χ3v) is 4.84. The molecule has 0 saturated carbocycles. The van der Waals surface area contributed by atoms with Gasteiger partial charge in [-0.3, -0.25) is 19.8 Å². The average Bonchev–Trinajstić information content (AvgIpc) is 3.07. The predicted octanol–water partition coefficient (Wildman–Crippen LogP) is 1.04. The average molecular weight is 371 g/mol. The first kappa shape index (κ1) is 18.6. The molecule has 1 N–H and O–H groups in total. The topological polar surface area (TPSA) is 96.0 Å². The van der Waals surface area contributed by atoms with E-state index >= 15 is 0 Å². The number of aryl methyl sites for hydroxylation is 3. The Morgan fingerprint density at radius 2 is 1.74 bits per heavy atom. The largest absolute Gasteiger partial charge is 0.464 e. The van der Waals surface area contributed by atoms with Crippen molar-refractivity contribution < 1.29 is 23.9 Å². The van der Waals surface area contributed by atoms with Crippen molar-refractivity contribution >= 4 is 29.4 Å². The van der Waals surface area contributed by atoms with Gasteiger partial charge in [0.2, 0.25) is 11.8 Å². The van der Waals surface area contributed by atoms with Gasteiger partial charge in [0.15, 0.2) is 5.54 Å². The van der Waals surface area contributed by atoms with Gasteiger partial charge in [0, 0.05) is 6.92 Å². The Morgan fingerprint density at radius 1 is 1.15 bits per heavy atom. The third kappa shape index (κ3) is 2.68. The fourth-order valence-corrected chi connectivity index (χ4v) is 3.86. The van der Waals surface area contributed by atoms with Gasteiger partial charge in [0.25, 0.3) is 5.91 Å². The maximum atomic E-state index is 13.4. The van der Waals surface area contributed by atoms with Gasteiger partial charge in [-0.15, -0.1) is 0 Å². The molecule has 1 atom stereocenters. The molecular weight excluding hydrogens is 350 g/mol. The van der Waals surface area contributed by atoms with Crippen molar-refractivity contribution in [2.24, 2.45) is 0 Å². The Morgan fingerprint density at radius 3 is 2.26 bits per heavy atom. The van der Waals surface area contributed by atoms with Crippen molar-refractivity contribution in [1.82, 2.24) is 10.4 Å². The van der Waals surface area contributed by atoms with Gasteiger partial charge in [0.05, 0.1) is 19.2 Å². The number of rotatable bonds is 2. The summed E-state index contributed by atoms with van der Waals surface area (Å²) in [6.45, 7) is 6.84. The summed E-state index contributed by atoms with van der Waals surface area (Å²) in [6.07, 6.45) is 1.05. The van der Waals surface area contributed by atoms with Gasteiger partial charge >= 0.3 is 5.97 Å². The van der Waals surface area contributed by atoms with Gasteiger partial charge in [0.1, 0.15) is 5.70 Å². The molecular formula is C19H21N3O5. The van der Waals surface area contributed by atoms with Crippen molar-refractivity contribution in [2.75, 3.05) is 12.0 Å². The highest BCUT2D eigenvalue weighted by Crippen LogP contribution is 2.40. The van der Waals surface area contributed by atoms with E-state index in [2.05, 4.69) is 10.2 Å². The predicted molar refractivity (Wildman–Crippen MR) is 96.2 cm³/mol. The maximum absolute atomic E-state index is 13.4. The lowest BCUT2D eigenvalue weighted by Crippen LogP contribution is -2.56. The van der Waals surface area contributed by atoms with Crippen LogP contribution in [0.4, 0.5) is 5.69 Å². The summed E-state index contributed by atoms with van der Waals surface area (Å²) >= 11 is 0. The minimum atomic E-state index is -1.59. The van der Waals surface area contributed by atoms with Crippen LogP contribution in [0.5, 0.6) is 0 Å². The normalized spacial score (nSPS) is 21.6. The monoisotopic (exact) mass is 371 g/mol. The Bertz CT molecular complexity index is 897. The first-order chi connectivity index (χ1) is 12.6. The second-order valence-corrected chi connectivity index (χ2v) is 6.90. The number of ether oxygens (including phenoxy) is 1. The molecule has 1 fully saturated rings. The highest BCUT2D eigenvalue weighted by atomic mass is 16.5. The molecule has 2 aliphatic rings. The van der Waals surface area contributed by atoms with Gasteiger partial charge in [-0.2, -0.15) is 0 Å². The molecule has 8 heteroatoms. The lowest BCUT2D eigenvalue weighted by molar-refractivity contribution is -0.143. The quantitative estimate of drug-likeness (QED) is 0.616. The highest BCUT2D eigenvalue weighted by Gasteiger charge is 2.59. The molecule has 27 heavy (non-hydrogen) atoms. The van der Waals surface area contributed by atoms with Crippen LogP contribution in [-0.2, 0) is 23.9 Å². The van der Waals surface area contributed by atoms with Crippen LogP contribution in [-0.4, -0.2) is 41.3 Å². The summed E-state index contributed by atoms with van der Waals surface area (Å²) in [4.78, 5) is 51.4. The second kappa shape index (κ2) is 6.22. The van der Waals surface area contributed by atoms with E-state index in [4.69, 9.17) is 0 Å². The second-order valence-electron chi connectivity index (χ2n) is 6.90. The molecule has 0 radical (unpaired) electrons. The summed E-state index contributed by atoms with van der Waals surface area (Å²) in [5.41, 5.74) is 4.06. The van der Waals surface area contributed by atoms with E-state index in [-0.39, 0.29) is 12.1 Å². The highest BCUT2D eigenvalue weighted by molar-refractivity contribution is 6.27. The van der Waals surface area contributed by atoms with E-state index in [0.717, 1.165) is 26.6 Å². The van der Waals surface area contributed by atoms with Gasteiger partial charge < -0.3 is 4.74 Å². The minimum Gasteiger partial charge on any atom is -0.464 e. The first-order valence-electron chi connectivity index (χ1n) is 8.46. The van der Waals surface area contributed by atoms with Gasteiger partial charge in [-0.25, -0.2) is 14.7 Å². The molecule has 0 aliphatic carbocycles. The Balaban J connectivity index is 2.13. The third-order valence-electron chi connectivity index (χ3n) is 4.84. The first-order valence-corrected chi connectivity index (χ1v) is 8.46. The maximum Gasteiger partial charge on any atom is 0.355 e. The van der Waals surface area contributed by atoms with Gasteiger partial charge in [-0.1, -0.05) is 17.7 Å². The standard InChI is InChI=1S/C19H21N3O5/c1-10-6-11(2)16(12(3)7-10)21-15(24)9-19(18(21)26)8-14(17(25)27-5)20-22(19)13(4)23/h6-8,20H,9H2,1-5H3/t19-/m1/s1. The van der Waals surface area contributed by atoms with Crippen molar-refractivity contribution in [3.05, 3.63) is 40.6 Å². The molecule has 2 heterocycles. The number of carbonyl (C=O) groups is 4. The van der Waals surface area contributed by atoms with Crippen LogP contribution >= 0.6 is 0 Å². The summed E-state index contributed by atoms with van der Waals surface area (Å²) in [6, 6.07) is 3.78. The van der Waals surface area contributed by atoms with Crippen LogP contribution in [0.15, 0.2) is 23.9 Å². The molecule has 3 rings (SSSR count). The molecule has 1 aromatic rings. The molecule has 3 amide bonds. The number of hydrazine groups is 1. The van der Waals surface area contributed by atoms with E-state index in [0.29, 0.717) is 5.69 Å². The van der Waals surface area contributed by atoms with E-state index in [9.17, 15) is 19.2 Å². The summed E-state index contributed by atoms with van der Waals surface area (Å²) in [7, 11) is 1.20. The fourth-order valence-electron chi connectivity index (χ4n) is 3.86. The number of esters is 1. The molecule has 2 aliphatic heterocycles. The van der Waals surface area contributed by atoms with Crippen LogP contribution in [0, 0.1) is 20.8 Å². The van der Waals surface area contributed by atoms with E-state index in [1.54, 1.807) is 0 Å². The molecule has 1 saturated heterocycles. The van der Waals surface area contributed by atoms with Crippen LogP contribution < -0.4 is 10.3 Å². The summed E-state index contributed by atoms with van der Waals surface area (Å²) in [5, 5.41) is 1.03. The smallest absolute Gasteiger partial charge is 0.355 e. The minimum absolute atomic E-state index is 0.0481. The van der Waals surface area contributed by atoms with E-state index < -0.39 is 29.2 Å². The lowest BCUT2D eigenvalue weighted by Gasteiger charge is -2.31. The number of amides is 3. The zero-order chi connectivity index (χ0) is 20.1. The lowest BCUT2D eigenvalue weighted by atomic mass is 9.96. The molecule has 0 unspecified atom stereocenters. The molecule has 142 valence electrons. The number of nitrogens with zero attached hydrogens (tertiary/aromatic N) is 2. The number of benzene rings is 1. The van der Waals surface area contributed by atoms with Crippen LogP contribution in [0.25, 0.3) is 0 Å². The molecule has 1 aromatic carbocycles. The van der Waals surface area contributed by atoms with Crippen molar-refractivity contribution in [2.45, 2.75) is 39.7 Å². The zero-order valence-corrected chi connectivity index (χ0v) is 15.9. The number of hydrogen-bond donors (Lipinski definition) is 1.